The molecule has 0 atom stereocenters. The monoisotopic (exact) mass is 408 g/mol. The van der Waals surface area contributed by atoms with Crippen molar-refractivity contribution in [3.8, 4) is 22.8 Å². The van der Waals surface area contributed by atoms with Gasteiger partial charge in [-0.25, -0.2) is 4.98 Å². The summed E-state index contributed by atoms with van der Waals surface area (Å²) >= 11 is 0. The molecule has 1 fully saturated rings. The van der Waals surface area contributed by atoms with Crippen LogP contribution in [0.4, 0.5) is 5.69 Å². The van der Waals surface area contributed by atoms with Gasteiger partial charge in [-0.15, -0.1) is 0 Å². The Balaban J connectivity index is 1.63. The van der Waals surface area contributed by atoms with E-state index in [1.165, 1.54) is 6.42 Å². The number of hydrogen-bond donors (Lipinski definition) is 0. The van der Waals surface area contributed by atoms with Gasteiger partial charge in [-0.05, 0) is 43.3 Å². The van der Waals surface area contributed by atoms with Gasteiger partial charge >= 0.3 is 0 Å². The molecule has 3 heterocycles. The standard InChI is InChI=1S/C23H28N4O3/c1-4-9-25-10-12-26(13-11-25)18-6-8-22-24-19(15-23(28)27(22)16-18)17-5-7-20(29-2)21(14-17)30-3/h5-8,14-16H,4,9-13H2,1-3H3. The number of hydrogen-bond acceptors (Lipinski definition) is 6. The molecule has 1 aromatic carbocycles. The summed E-state index contributed by atoms with van der Waals surface area (Å²) in [6.45, 7) is 7.41. The van der Waals surface area contributed by atoms with Gasteiger partial charge in [-0.1, -0.05) is 6.92 Å². The third kappa shape index (κ3) is 3.98. The Morgan fingerprint density at radius 3 is 2.43 bits per heavy atom. The predicted molar refractivity (Wildman–Crippen MR) is 119 cm³/mol. The molecule has 0 N–H and O–H groups in total. The largest absolute Gasteiger partial charge is 0.493 e. The van der Waals surface area contributed by atoms with Gasteiger partial charge in [-0.3, -0.25) is 14.1 Å². The van der Waals surface area contributed by atoms with Crippen LogP contribution in [0.5, 0.6) is 11.5 Å². The van der Waals surface area contributed by atoms with Crippen molar-refractivity contribution in [2.45, 2.75) is 13.3 Å². The number of nitrogens with zero attached hydrogens (tertiary/aromatic N) is 4. The van der Waals surface area contributed by atoms with E-state index in [0.717, 1.165) is 44.0 Å². The Labute approximate surface area is 176 Å². The minimum atomic E-state index is -0.101. The maximum absolute atomic E-state index is 12.9. The van der Waals surface area contributed by atoms with Gasteiger partial charge in [0.15, 0.2) is 11.5 Å². The van der Waals surface area contributed by atoms with Crippen molar-refractivity contribution >= 4 is 11.3 Å². The fourth-order valence-electron chi connectivity index (χ4n) is 3.97. The topological polar surface area (TPSA) is 59.3 Å². The summed E-state index contributed by atoms with van der Waals surface area (Å²) in [5.41, 5.74) is 3.00. The van der Waals surface area contributed by atoms with E-state index in [9.17, 15) is 4.79 Å². The number of methoxy groups -OCH3 is 2. The minimum Gasteiger partial charge on any atom is -0.493 e. The molecular formula is C23H28N4O3. The van der Waals surface area contributed by atoms with Crippen LogP contribution < -0.4 is 19.9 Å². The lowest BCUT2D eigenvalue weighted by Crippen LogP contribution is -2.46. The molecule has 0 saturated carbocycles. The van der Waals surface area contributed by atoms with Crippen molar-refractivity contribution in [2.24, 2.45) is 0 Å². The summed E-state index contributed by atoms with van der Waals surface area (Å²) in [7, 11) is 3.19. The molecule has 0 aliphatic carbocycles. The van der Waals surface area contributed by atoms with Gasteiger partial charge in [-0.2, -0.15) is 0 Å². The number of rotatable bonds is 6. The number of fused-ring (bicyclic) bond motifs is 1. The van der Waals surface area contributed by atoms with Crippen LogP contribution >= 0.6 is 0 Å². The second kappa shape index (κ2) is 8.75. The van der Waals surface area contributed by atoms with Crippen LogP contribution in [0.3, 0.4) is 0 Å². The molecule has 3 aromatic rings. The van der Waals surface area contributed by atoms with E-state index < -0.39 is 0 Å². The number of anilines is 1. The Kier molecular flexibility index (Phi) is 5.90. The van der Waals surface area contributed by atoms with E-state index in [0.29, 0.717) is 22.8 Å². The summed E-state index contributed by atoms with van der Waals surface area (Å²) in [6.07, 6.45) is 3.08. The van der Waals surface area contributed by atoms with E-state index in [-0.39, 0.29) is 5.56 Å². The smallest absolute Gasteiger partial charge is 0.258 e. The number of piperazine rings is 1. The van der Waals surface area contributed by atoms with Gasteiger partial charge in [0.05, 0.1) is 25.6 Å². The van der Waals surface area contributed by atoms with Gasteiger partial charge < -0.3 is 14.4 Å². The van der Waals surface area contributed by atoms with Crippen LogP contribution in [0.25, 0.3) is 16.9 Å². The average molecular weight is 409 g/mol. The predicted octanol–water partition coefficient (Wildman–Crippen LogP) is 2.91. The summed E-state index contributed by atoms with van der Waals surface area (Å²) in [6, 6.07) is 11.1. The normalized spacial score (nSPS) is 14.8. The Hall–Kier alpha value is -3.06. The molecule has 7 nitrogen and oxygen atoms in total. The van der Waals surface area contributed by atoms with Crippen LogP contribution in [-0.4, -0.2) is 61.2 Å². The van der Waals surface area contributed by atoms with E-state index in [1.807, 2.05) is 30.5 Å². The highest BCUT2D eigenvalue weighted by molar-refractivity contribution is 5.66. The zero-order valence-electron chi connectivity index (χ0n) is 17.8. The van der Waals surface area contributed by atoms with Crippen molar-refractivity contribution < 1.29 is 9.47 Å². The highest BCUT2D eigenvalue weighted by atomic mass is 16.5. The summed E-state index contributed by atoms with van der Waals surface area (Å²) in [5, 5.41) is 0. The molecule has 30 heavy (non-hydrogen) atoms. The number of benzene rings is 1. The van der Waals surface area contributed by atoms with Gasteiger partial charge in [0.1, 0.15) is 5.65 Å². The van der Waals surface area contributed by atoms with Crippen LogP contribution in [-0.2, 0) is 0 Å². The van der Waals surface area contributed by atoms with E-state index in [1.54, 1.807) is 24.7 Å². The SMILES string of the molecule is CCCN1CCN(c2ccc3nc(-c4ccc(OC)c(OC)c4)cc(=O)n3c2)CC1. The molecular weight excluding hydrogens is 380 g/mol. The molecule has 158 valence electrons. The quantitative estimate of drug-likeness (QED) is 0.625. The van der Waals surface area contributed by atoms with Crippen LogP contribution in [0.2, 0.25) is 0 Å². The Bertz CT molecular complexity index is 1090. The molecule has 4 rings (SSSR count). The lowest BCUT2D eigenvalue weighted by Gasteiger charge is -2.35. The lowest BCUT2D eigenvalue weighted by atomic mass is 10.1. The summed E-state index contributed by atoms with van der Waals surface area (Å²) in [5.74, 6) is 1.25. The molecule has 1 aliphatic heterocycles. The molecule has 1 aliphatic rings. The second-order valence-electron chi connectivity index (χ2n) is 7.49. The van der Waals surface area contributed by atoms with Crippen molar-refractivity contribution in [1.29, 1.82) is 0 Å². The minimum absolute atomic E-state index is 0.101. The molecule has 7 heteroatoms. The highest BCUT2D eigenvalue weighted by Gasteiger charge is 2.17. The zero-order valence-corrected chi connectivity index (χ0v) is 17.8. The number of ether oxygens (including phenoxy) is 2. The van der Waals surface area contributed by atoms with Crippen molar-refractivity contribution in [3.63, 3.8) is 0 Å². The maximum atomic E-state index is 12.9. The first-order chi connectivity index (χ1) is 14.6. The first kappa shape index (κ1) is 20.2. The summed E-state index contributed by atoms with van der Waals surface area (Å²) < 4.78 is 12.3. The van der Waals surface area contributed by atoms with Crippen molar-refractivity contribution in [1.82, 2.24) is 14.3 Å². The summed E-state index contributed by atoms with van der Waals surface area (Å²) in [4.78, 5) is 22.4. The fourth-order valence-corrected chi connectivity index (χ4v) is 3.97. The molecule has 0 bridgehead atoms. The van der Waals surface area contributed by atoms with Crippen LogP contribution in [0, 0.1) is 0 Å². The van der Waals surface area contributed by atoms with Gasteiger partial charge in [0.25, 0.3) is 5.56 Å². The van der Waals surface area contributed by atoms with E-state index in [2.05, 4.69) is 22.8 Å². The number of pyridine rings is 1. The first-order valence-electron chi connectivity index (χ1n) is 10.4. The van der Waals surface area contributed by atoms with Gasteiger partial charge in [0.2, 0.25) is 0 Å². The Morgan fingerprint density at radius 1 is 0.967 bits per heavy atom. The van der Waals surface area contributed by atoms with E-state index >= 15 is 0 Å². The molecule has 2 aromatic heterocycles. The Morgan fingerprint density at radius 2 is 1.73 bits per heavy atom. The number of aromatic nitrogens is 2. The maximum Gasteiger partial charge on any atom is 0.258 e. The highest BCUT2D eigenvalue weighted by Crippen LogP contribution is 2.31. The van der Waals surface area contributed by atoms with Crippen molar-refractivity contribution in [2.75, 3.05) is 51.8 Å². The van der Waals surface area contributed by atoms with Crippen molar-refractivity contribution in [3.05, 3.63) is 52.9 Å². The molecule has 0 spiro atoms. The molecule has 0 unspecified atom stereocenters. The van der Waals surface area contributed by atoms with E-state index in [4.69, 9.17) is 14.5 Å². The fraction of sp³-hybridized carbons (Fsp3) is 0.391. The molecule has 0 amide bonds. The van der Waals surface area contributed by atoms with Gasteiger partial charge in [0, 0.05) is 44.0 Å². The molecule has 0 radical (unpaired) electrons. The second-order valence-corrected chi connectivity index (χ2v) is 7.49. The molecule has 1 saturated heterocycles. The first-order valence-corrected chi connectivity index (χ1v) is 10.4. The van der Waals surface area contributed by atoms with Crippen LogP contribution in [0.1, 0.15) is 13.3 Å². The lowest BCUT2D eigenvalue weighted by molar-refractivity contribution is 0.258. The third-order valence-electron chi connectivity index (χ3n) is 5.60. The average Bonchev–Trinajstić information content (AvgIpc) is 2.79. The zero-order chi connectivity index (χ0) is 21.1. The third-order valence-corrected chi connectivity index (χ3v) is 5.60. The van der Waals surface area contributed by atoms with Crippen LogP contribution in [0.15, 0.2) is 47.4 Å².